The van der Waals surface area contributed by atoms with Crippen molar-refractivity contribution in [2.75, 3.05) is 11.9 Å². The van der Waals surface area contributed by atoms with Gasteiger partial charge in [0.1, 0.15) is 12.1 Å². The number of ether oxygens (including phenoxy) is 1. The van der Waals surface area contributed by atoms with Gasteiger partial charge in [-0.05, 0) is 101 Å². The Hall–Kier alpha value is -4.19. The molecule has 5 atom stereocenters. The summed E-state index contributed by atoms with van der Waals surface area (Å²) >= 11 is 0. The number of nitrogens with zero attached hydrogens (tertiary/aromatic N) is 3. The first kappa shape index (κ1) is 38.1. The highest BCUT2D eigenvalue weighted by atomic mass is 32.2. The fourth-order valence-electron chi connectivity index (χ4n) is 8.21. The molecule has 2 saturated carbocycles. The van der Waals surface area contributed by atoms with E-state index in [2.05, 4.69) is 66.6 Å². The van der Waals surface area contributed by atoms with Crippen LogP contribution >= 0.6 is 0 Å². The first-order chi connectivity index (χ1) is 25.7. The molecule has 0 bridgehead atoms. The third-order valence-corrected chi connectivity index (χ3v) is 14.3. The number of ketones is 1. The van der Waals surface area contributed by atoms with Crippen LogP contribution in [0.5, 0.6) is 6.01 Å². The molecular formula is C42H55N5O6S. The van der Waals surface area contributed by atoms with Crippen molar-refractivity contribution >= 4 is 44.3 Å². The molecule has 1 saturated heterocycles. The van der Waals surface area contributed by atoms with E-state index in [1.807, 2.05) is 36.4 Å². The van der Waals surface area contributed by atoms with Crippen LogP contribution in [0.1, 0.15) is 116 Å². The third kappa shape index (κ3) is 7.55. The number of amides is 2. The van der Waals surface area contributed by atoms with Gasteiger partial charge in [-0.25, -0.2) is 8.42 Å². The van der Waals surface area contributed by atoms with Gasteiger partial charge in [0.15, 0.2) is 5.78 Å². The number of fused-ring (bicyclic) bond motifs is 3. The van der Waals surface area contributed by atoms with Gasteiger partial charge in [-0.15, -0.1) is 0 Å². The van der Waals surface area contributed by atoms with Crippen molar-refractivity contribution in [3.63, 3.8) is 0 Å². The molecule has 2 aliphatic heterocycles. The molecule has 0 radical (unpaired) electrons. The van der Waals surface area contributed by atoms with Crippen LogP contribution < -0.4 is 14.8 Å². The average molecular weight is 758 g/mol. The van der Waals surface area contributed by atoms with Gasteiger partial charge < -0.3 is 15.0 Å². The molecule has 1 aromatic heterocycles. The number of benzene rings is 2. The molecule has 2 aromatic carbocycles. The van der Waals surface area contributed by atoms with Gasteiger partial charge in [0, 0.05) is 24.6 Å². The van der Waals surface area contributed by atoms with E-state index in [4.69, 9.17) is 9.72 Å². The lowest BCUT2D eigenvalue weighted by atomic mass is 9.91. The summed E-state index contributed by atoms with van der Waals surface area (Å²) in [6.07, 6.45) is 8.98. The van der Waals surface area contributed by atoms with Crippen molar-refractivity contribution in [3.05, 3.63) is 66.2 Å². The molecule has 0 spiro atoms. The molecule has 12 heteroatoms. The fraction of sp³-hybridized carbons (Fsp3) is 0.571. The molecule has 7 rings (SSSR count). The standard InChI is InChI=1S/C42H55N5O6S/c1-27(2)29-18-19-35-34(22-29)44-40(47(35)28(3)4)53-32-23-36-37(48)25-42(39(50)45-54(51,52)41(5)20-21-41)24-30(42)14-10-7-6-8-13-17-33(38(49)46(36)26-32)43-31-15-11-9-12-16-31/h9-12,14-16,18-19,22,27-28,30,32-33,36,43H,6-8,13,17,20-21,23-26H2,1-5H3,(H,45,50)/b14-10-/t30-,32-,33+,36+,42-/m1/s1. The van der Waals surface area contributed by atoms with Crippen molar-refractivity contribution in [3.8, 4) is 6.01 Å². The second kappa shape index (κ2) is 14.8. The first-order valence-corrected chi connectivity index (χ1v) is 21.3. The molecule has 3 heterocycles. The number of hydrogen-bond acceptors (Lipinski definition) is 8. The Labute approximate surface area is 319 Å². The molecule has 0 unspecified atom stereocenters. The normalized spacial score (nSPS) is 27.9. The minimum atomic E-state index is -3.90. The largest absolute Gasteiger partial charge is 0.459 e. The Morgan fingerprint density at radius 3 is 2.48 bits per heavy atom. The second-order valence-corrected chi connectivity index (χ2v) is 19.1. The highest BCUT2D eigenvalue weighted by molar-refractivity contribution is 7.91. The number of imidazole rings is 1. The molecule has 4 aliphatic rings. The number of carbonyl (C=O) groups excluding carboxylic acids is 3. The van der Waals surface area contributed by atoms with Crippen LogP contribution in [0.2, 0.25) is 0 Å². The van der Waals surface area contributed by atoms with Crippen LogP contribution in [-0.2, 0) is 24.4 Å². The molecule has 11 nitrogen and oxygen atoms in total. The Morgan fingerprint density at radius 1 is 1.02 bits per heavy atom. The van der Waals surface area contributed by atoms with Crippen molar-refractivity contribution in [1.82, 2.24) is 19.2 Å². The minimum absolute atomic E-state index is 0.0388. The molecule has 3 aromatic rings. The highest BCUT2D eigenvalue weighted by Crippen LogP contribution is 2.57. The first-order valence-electron chi connectivity index (χ1n) is 19.8. The topological polar surface area (TPSA) is 140 Å². The lowest BCUT2D eigenvalue weighted by Crippen LogP contribution is -2.49. The minimum Gasteiger partial charge on any atom is -0.459 e. The van der Waals surface area contributed by atoms with Crippen molar-refractivity contribution in [1.29, 1.82) is 0 Å². The van der Waals surface area contributed by atoms with Gasteiger partial charge >= 0.3 is 0 Å². The molecular weight excluding hydrogens is 703 g/mol. The maximum absolute atomic E-state index is 14.7. The van der Waals surface area contributed by atoms with Gasteiger partial charge in [0.2, 0.25) is 21.8 Å². The van der Waals surface area contributed by atoms with Gasteiger partial charge in [-0.1, -0.05) is 63.1 Å². The molecule has 3 fully saturated rings. The van der Waals surface area contributed by atoms with E-state index in [1.165, 1.54) is 5.56 Å². The summed E-state index contributed by atoms with van der Waals surface area (Å²) in [5.74, 6) is -1.00. The van der Waals surface area contributed by atoms with E-state index >= 15 is 0 Å². The van der Waals surface area contributed by atoms with Gasteiger partial charge in [0.25, 0.3) is 6.01 Å². The Bertz CT molecular complexity index is 2040. The van der Waals surface area contributed by atoms with Gasteiger partial charge in [-0.3, -0.25) is 23.7 Å². The summed E-state index contributed by atoms with van der Waals surface area (Å²) in [5.41, 5.74) is 2.58. The Balaban J connectivity index is 1.21. The molecule has 54 heavy (non-hydrogen) atoms. The summed E-state index contributed by atoms with van der Waals surface area (Å²) in [7, 11) is -3.90. The number of rotatable bonds is 9. The van der Waals surface area contributed by atoms with E-state index in [9.17, 15) is 22.8 Å². The number of para-hydroxylation sites is 1. The number of allylic oxidation sites excluding steroid dienone is 2. The number of anilines is 1. The number of sulfonamides is 1. The molecule has 2 aliphatic carbocycles. The zero-order chi connectivity index (χ0) is 38.4. The Kier molecular flexibility index (Phi) is 10.4. The molecule has 2 N–H and O–H groups in total. The zero-order valence-corrected chi connectivity index (χ0v) is 33.0. The summed E-state index contributed by atoms with van der Waals surface area (Å²) in [6, 6.07) is 14.9. The van der Waals surface area contributed by atoms with Crippen molar-refractivity contribution in [2.24, 2.45) is 11.3 Å². The van der Waals surface area contributed by atoms with Crippen LogP contribution in [0.3, 0.4) is 0 Å². The van der Waals surface area contributed by atoms with E-state index in [-0.39, 0.29) is 43.0 Å². The van der Waals surface area contributed by atoms with Gasteiger partial charge in [-0.2, -0.15) is 4.98 Å². The van der Waals surface area contributed by atoms with Crippen LogP contribution in [-0.4, -0.2) is 69.9 Å². The quantitative estimate of drug-likeness (QED) is 0.222. The maximum Gasteiger partial charge on any atom is 0.297 e. The second-order valence-electron chi connectivity index (χ2n) is 16.9. The van der Waals surface area contributed by atoms with E-state index in [0.717, 1.165) is 42.4 Å². The molecule has 290 valence electrons. The van der Waals surface area contributed by atoms with Crippen LogP contribution in [0, 0.1) is 11.3 Å². The lowest BCUT2D eigenvalue weighted by molar-refractivity contribution is -0.139. The number of nitrogens with one attached hydrogen (secondary N) is 2. The summed E-state index contributed by atoms with van der Waals surface area (Å²) in [6.45, 7) is 10.3. The summed E-state index contributed by atoms with van der Waals surface area (Å²) in [5, 5.41) is 3.45. The summed E-state index contributed by atoms with van der Waals surface area (Å²) in [4.78, 5) is 49.9. The van der Waals surface area contributed by atoms with E-state index in [0.29, 0.717) is 37.6 Å². The SMILES string of the molecule is CC(C)c1ccc2c(c1)nc(O[C@@H]1C[C@H]3C(=O)C[C@]4(C(=O)NS(=O)(=O)C5(C)CC5)C[C@H]4/C=C\CCCCC[C@H](Nc4ccccc4)C(=O)N3C1)n2C(C)C. The maximum atomic E-state index is 14.7. The number of Topliss-reactive ketones (excluding diaryl/α,β-unsaturated/α-hetero) is 1. The third-order valence-electron chi connectivity index (χ3n) is 12.1. The fourth-order valence-corrected chi connectivity index (χ4v) is 9.54. The van der Waals surface area contributed by atoms with Crippen LogP contribution in [0.25, 0.3) is 11.0 Å². The van der Waals surface area contributed by atoms with E-state index in [1.54, 1.807) is 11.8 Å². The summed E-state index contributed by atoms with van der Waals surface area (Å²) < 4.78 is 36.6. The van der Waals surface area contributed by atoms with Crippen LogP contribution in [0.15, 0.2) is 60.7 Å². The monoisotopic (exact) mass is 757 g/mol. The smallest absolute Gasteiger partial charge is 0.297 e. The predicted octanol–water partition coefficient (Wildman–Crippen LogP) is 7.05. The van der Waals surface area contributed by atoms with Crippen molar-refractivity contribution in [2.45, 2.75) is 134 Å². The average Bonchev–Trinajstić information content (AvgIpc) is 3.95. The lowest BCUT2D eigenvalue weighted by Gasteiger charge is -2.30. The number of carbonyl (C=O) groups is 3. The van der Waals surface area contributed by atoms with Crippen molar-refractivity contribution < 1.29 is 27.5 Å². The number of hydrogen-bond donors (Lipinski definition) is 2. The van der Waals surface area contributed by atoms with E-state index < -0.39 is 44.3 Å². The number of aromatic nitrogens is 2. The highest BCUT2D eigenvalue weighted by Gasteiger charge is 2.62. The molecule has 2 amide bonds. The predicted molar refractivity (Wildman–Crippen MR) is 210 cm³/mol. The Morgan fingerprint density at radius 2 is 1.78 bits per heavy atom. The van der Waals surface area contributed by atoms with Crippen LogP contribution in [0.4, 0.5) is 5.69 Å². The zero-order valence-electron chi connectivity index (χ0n) is 32.2. The van der Waals surface area contributed by atoms with Gasteiger partial charge in [0.05, 0.1) is 33.8 Å².